The number of nitrogens with two attached hydrogens (primary N) is 1. The molecule has 0 spiro atoms. The van der Waals surface area contributed by atoms with Crippen LogP contribution in [0, 0.1) is 0 Å². The maximum atomic E-state index is 6.16. The summed E-state index contributed by atoms with van der Waals surface area (Å²) in [4.78, 5) is 1.58. The first kappa shape index (κ1) is 8.01. The van der Waals surface area contributed by atoms with Gasteiger partial charge in [-0.05, 0) is 54.5 Å². The third-order valence-corrected chi connectivity index (χ3v) is 4.33. The van der Waals surface area contributed by atoms with Gasteiger partial charge in [0.15, 0.2) is 0 Å². The lowest BCUT2D eigenvalue weighted by Crippen LogP contribution is -2.16. The van der Waals surface area contributed by atoms with Gasteiger partial charge in [0.2, 0.25) is 0 Å². The molecule has 1 nitrogen and oxygen atoms in total. The fourth-order valence-electron chi connectivity index (χ4n) is 2.37. The first-order chi connectivity index (χ1) is 6.36. The van der Waals surface area contributed by atoms with E-state index in [0.29, 0.717) is 6.04 Å². The standard InChI is InChI=1S/C11H15NS/c12-9-2-1-3-10-11(9)8(6-13-10)7-4-5-7/h6-7,9H,1-5,12H2. The summed E-state index contributed by atoms with van der Waals surface area (Å²) in [5.74, 6) is 0.879. The van der Waals surface area contributed by atoms with Gasteiger partial charge >= 0.3 is 0 Å². The predicted octanol–water partition coefficient (Wildman–Crippen LogP) is 2.96. The van der Waals surface area contributed by atoms with Crippen LogP contribution in [0.25, 0.3) is 0 Å². The van der Waals surface area contributed by atoms with Crippen molar-refractivity contribution in [1.29, 1.82) is 0 Å². The van der Waals surface area contributed by atoms with Gasteiger partial charge in [-0.25, -0.2) is 0 Å². The van der Waals surface area contributed by atoms with E-state index in [1.807, 2.05) is 11.3 Å². The van der Waals surface area contributed by atoms with Crippen molar-refractivity contribution in [1.82, 2.24) is 0 Å². The zero-order chi connectivity index (χ0) is 8.84. The Labute approximate surface area is 83.0 Å². The highest BCUT2D eigenvalue weighted by Gasteiger charge is 2.31. The molecule has 0 amide bonds. The van der Waals surface area contributed by atoms with E-state index in [0.717, 1.165) is 5.92 Å². The summed E-state index contributed by atoms with van der Waals surface area (Å²) in [5, 5.41) is 2.37. The van der Waals surface area contributed by atoms with Gasteiger partial charge in [0.25, 0.3) is 0 Å². The van der Waals surface area contributed by atoms with Crippen LogP contribution in [-0.2, 0) is 6.42 Å². The Morgan fingerprint density at radius 2 is 2.15 bits per heavy atom. The first-order valence-electron chi connectivity index (χ1n) is 5.22. The van der Waals surface area contributed by atoms with Crippen LogP contribution < -0.4 is 5.73 Å². The summed E-state index contributed by atoms with van der Waals surface area (Å²) < 4.78 is 0. The second-order valence-corrected chi connectivity index (χ2v) is 5.27. The van der Waals surface area contributed by atoms with E-state index in [-0.39, 0.29) is 0 Å². The third-order valence-electron chi connectivity index (χ3n) is 3.25. The Morgan fingerprint density at radius 3 is 2.92 bits per heavy atom. The Kier molecular flexibility index (Phi) is 1.74. The third kappa shape index (κ3) is 1.24. The van der Waals surface area contributed by atoms with Gasteiger partial charge in [0.1, 0.15) is 0 Å². The molecule has 2 N–H and O–H groups in total. The molecule has 2 aliphatic carbocycles. The van der Waals surface area contributed by atoms with Crippen LogP contribution in [0.2, 0.25) is 0 Å². The molecule has 0 aliphatic heterocycles. The smallest absolute Gasteiger partial charge is 0.0308 e. The molecule has 1 unspecified atom stereocenters. The Bertz CT molecular complexity index is 325. The Balaban J connectivity index is 2.06. The second-order valence-electron chi connectivity index (χ2n) is 4.30. The van der Waals surface area contributed by atoms with Crippen molar-refractivity contribution in [2.75, 3.05) is 0 Å². The Hall–Kier alpha value is -0.340. The zero-order valence-corrected chi connectivity index (χ0v) is 8.57. The van der Waals surface area contributed by atoms with Crippen LogP contribution in [0.3, 0.4) is 0 Å². The summed E-state index contributed by atoms with van der Waals surface area (Å²) in [6, 6.07) is 0.352. The van der Waals surface area contributed by atoms with E-state index in [1.54, 1.807) is 16.0 Å². The lowest BCUT2D eigenvalue weighted by molar-refractivity contribution is 0.573. The molecular weight excluding hydrogens is 178 g/mol. The molecule has 1 aromatic rings. The predicted molar refractivity (Wildman–Crippen MR) is 56.2 cm³/mol. The highest BCUT2D eigenvalue weighted by Crippen LogP contribution is 2.47. The fraction of sp³-hybridized carbons (Fsp3) is 0.636. The molecule has 1 fully saturated rings. The highest BCUT2D eigenvalue weighted by molar-refractivity contribution is 7.10. The van der Waals surface area contributed by atoms with Crippen LogP contribution in [0.1, 0.15) is 53.6 Å². The van der Waals surface area contributed by atoms with E-state index in [9.17, 15) is 0 Å². The quantitative estimate of drug-likeness (QED) is 0.729. The number of rotatable bonds is 1. The van der Waals surface area contributed by atoms with Gasteiger partial charge < -0.3 is 5.73 Å². The SMILES string of the molecule is NC1CCCc2scc(C3CC3)c21. The van der Waals surface area contributed by atoms with E-state index in [2.05, 4.69) is 5.38 Å². The first-order valence-corrected chi connectivity index (χ1v) is 6.10. The summed E-state index contributed by atoms with van der Waals surface area (Å²) in [5.41, 5.74) is 9.31. The van der Waals surface area contributed by atoms with E-state index in [4.69, 9.17) is 5.73 Å². The average Bonchev–Trinajstić information content (AvgIpc) is 2.87. The van der Waals surface area contributed by atoms with Crippen LogP contribution >= 0.6 is 11.3 Å². The molecular formula is C11H15NS. The molecule has 1 heterocycles. The van der Waals surface area contributed by atoms with Gasteiger partial charge in [0.05, 0.1) is 0 Å². The lowest BCUT2D eigenvalue weighted by atomic mass is 9.90. The van der Waals surface area contributed by atoms with Gasteiger partial charge in [-0.3, -0.25) is 0 Å². The van der Waals surface area contributed by atoms with Crippen LogP contribution in [0.15, 0.2) is 5.38 Å². The molecule has 1 aromatic heterocycles. The average molecular weight is 193 g/mol. The summed E-state index contributed by atoms with van der Waals surface area (Å²) in [7, 11) is 0. The minimum Gasteiger partial charge on any atom is -0.324 e. The molecule has 70 valence electrons. The van der Waals surface area contributed by atoms with Crippen molar-refractivity contribution in [2.45, 2.75) is 44.1 Å². The monoisotopic (exact) mass is 193 g/mol. The van der Waals surface area contributed by atoms with Crippen molar-refractivity contribution >= 4 is 11.3 Å². The Morgan fingerprint density at radius 1 is 1.31 bits per heavy atom. The number of hydrogen-bond donors (Lipinski definition) is 1. The largest absolute Gasteiger partial charge is 0.324 e. The normalized spacial score (nSPS) is 27.3. The van der Waals surface area contributed by atoms with Crippen LogP contribution in [0.5, 0.6) is 0 Å². The van der Waals surface area contributed by atoms with Crippen LogP contribution in [0.4, 0.5) is 0 Å². The molecule has 0 bridgehead atoms. The summed E-state index contributed by atoms with van der Waals surface area (Å²) in [6.07, 6.45) is 6.56. The van der Waals surface area contributed by atoms with Crippen molar-refractivity contribution in [2.24, 2.45) is 5.73 Å². The van der Waals surface area contributed by atoms with Crippen molar-refractivity contribution in [3.05, 3.63) is 21.4 Å². The zero-order valence-electron chi connectivity index (χ0n) is 7.75. The molecule has 1 atom stereocenters. The minimum absolute atomic E-state index is 0.352. The molecule has 0 saturated heterocycles. The molecule has 1 saturated carbocycles. The fourth-order valence-corrected chi connectivity index (χ4v) is 3.62. The number of thiophene rings is 1. The number of aryl methyl sites for hydroxylation is 1. The molecule has 0 radical (unpaired) electrons. The van der Waals surface area contributed by atoms with E-state index < -0.39 is 0 Å². The van der Waals surface area contributed by atoms with Gasteiger partial charge in [-0.2, -0.15) is 0 Å². The van der Waals surface area contributed by atoms with E-state index >= 15 is 0 Å². The second kappa shape index (κ2) is 2.82. The molecule has 13 heavy (non-hydrogen) atoms. The molecule has 2 heteroatoms. The van der Waals surface area contributed by atoms with Gasteiger partial charge in [-0.15, -0.1) is 11.3 Å². The van der Waals surface area contributed by atoms with Gasteiger partial charge in [0, 0.05) is 10.9 Å². The lowest BCUT2D eigenvalue weighted by Gasteiger charge is -2.20. The number of fused-ring (bicyclic) bond motifs is 1. The topological polar surface area (TPSA) is 26.0 Å². The minimum atomic E-state index is 0.352. The van der Waals surface area contributed by atoms with Crippen molar-refractivity contribution in [3.63, 3.8) is 0 Å². The van der Waals surface area contributed by atoms with Crippen LogP contribution in [-0.4, -0.2) is 0 Å². The molecule has 0 aromatic carbocycles. The summed E-state index contributed by atoms with van der Waals surface area (Å²) >= 11 is 1.94. The van der Waals surface area contributed by atoms with Gasteiger partial charge in [-0.1, -0.05) is 0 Å². The van der Waals surface area contributed by atoms with E-state index in [1.165, 1.54) is 32.1 Å². The van der Waals surface area contributed by atoms with Crippen molar-refractivity contribution in [3.8, 4) is 0 Å². The highest BCUT2D eigenvalue weighted by atomic mass is 32.1. The maximum Gasteiger partial charge on any atom is 0.0308 e. The summed E-state index contributed by atoms with van der Waals surface area (Å²) in [6.45, 7) is 0. The number of hydrogen-bond acceptors (Lipinski definition) is 2. The molecule has 3 rings (SSSR count). The maximum absolute atomic E-state index is 6.16. The van der Waals surface area contributed by atoms with Crippen molar-refractivity contribution < 1.29 is 0 Å². The molecule has 2 aliphatic rings.